The van der Waals surface area contributed by atoms with Crippen LogP contribution in [0.5, 0.6) is 5.88 Å². The number of anilines is 1. The highest BCUT2D eigenvalue weighted by Crippen LogP contribution is 2.30. The molecule has 1 amide bonds. The van der Waals surface area contributed by atoms with E-state index in [0.29, 0.717) is 24.7 Å². The van der Waals surface area contributed by atoms with Crippen molar-refractivity contribution in [1.29, 1.82) is 0 Å². The van der Waals surface area contributed by atoms with E-state index < -0.39 is 5.60 Å². The van der Waals surface area contributed by atoms with Gasteiger partial charge in [-0.05, 0) is 39.3 Å². The van der Waals surface area contributed by atoms with Gasteiger partial charge in [-0.2, -0.15) is 0 Å². The maximum Gasteiger partial charge on any atom is 0.415 e. The highest BCUT2D eigenvalue weighted by molar-refractivity contribution is 5.90. The minimum Gasteiger partial charge on any atom is -0.474 e. The Balaban J connectivity index is 2.27. The molecule has 18 heavy (non-hydrogen) atoms. The van der Waals surface area contributed by atoms with E-state index in [-0.39, 0.29) is 6.09 Å². The highest BCUT2D eigenvalue weighted by atomic mass is 16.6. The van der Waals surface area contributed by atoms with Gasteiger partial charge in [-0.25, -0.2) is 9.78 Å². The molecule has 1 aliphatic rings. The summed E-state index contributed by atoms with van der Waals surface area (Å²) in [6.45, 7) is 8.38. The van der Waals surface area contributed by atoms with Crippen LogP contribution in [0.1, 0.15) is 26.3 Å². The molecule has 0 spiro atoms. The lowest BCUT2D eigenvalue weighted by molar-refractivity contribution is 0.0567. The number of hydrogen-bond donors (Lipinski definition) is 0. The third-order valence-electron chi connectivity index (χ3n) is 2.43. The molecule has 0 saturated heterocycles. The van der Waals surface area contributed by atoms with Gasteiger partial charge in [0.25, 0.3) is 0 Å². The third kappa shape index (κ3) is 2.72. The van der Waals surface area contributed by atoms with Crippen LogP contribution in [0.25, 0.3) is 0 Å². The highest BCUT2D eigenvalue weighted by Gasteiger charge is 2.28. The first-order valence-corrected chi connectivity index (χ1v) is 5.97. The minimum absolute atomic E-state index is 0.362. The SMILES string of the molecule is Cc1cnc2c(c1)N(C(=O)OC(C)(C)C)CCO2. The molecule has 0 atom stereocenters. The molecule has 5 nitrogen and oxygen atoms in total. The predicted octanol–water partition coefficient (Wildman–Crippen LogP) is 2.52. The second-order valence-corrected chi connectivity index (χ2v) is 5.32. The van der Waals surface area contributed by atoms with Crippen LogP contribution in [0, 0.1) is 6.92 Å². The second kappa shape index (κ2) is 4.48. The molecular weight excluding hydrogens is 232 g/mol. The van der Waals surface area contributed by atoms with Crippen LogP contribution in [0.3, 0.4) is 0 Å². The smallest absolute Gasteiger partial charge is 0.415 e. The number of hydrogen-bond acceptors (Lipinski definition) is 4. The number of pyridine rings is 1. The van der Waals surface area contributed by atoms with Crippen molar-refractivity contribution in [2.45, 2.75) is 33.3 Å². The average molecular weight is 250 g/mol. The fourth-order valence-electron chi connectivity index (χ4n) is 1.71. The molecule has 1 aromatic rings. The van der Waals surface area contributed by atoms with Gasteiger partial charge in [0.15, 0.2) is 0 Å². The van der Waals surface area contributed by atoms with E-state index in [4.69, 9.17) is 9.47 Å². The summed E-state index contributed by atoms with van der Waals surface area (Å²) < 4.78 is 10.8. The first-order valence-electron chi connectivity index (χ1n) is 5.97. The van der Waals surface area contributed by atoms with E-state index in [2.05, 4.69) is 4.98 Å². The van der Waals surface area contributed by atoms with Gasteiger partial charge in [0.1, 0.15) is 17.9 Å². The molecule has 0 bridgehead atoms. The standard InChI is InChI=1S/C13H18N2O3/c1-9-7-10-11(14-8-9)17-6-5-15(10)12(16)18-13(2,3)4/h7-8H,5-6H2,1-4H3. The Morgan fingerprint density at radius 3 is 2.89 bits per heavy atom. The zero-order valence-corrected chi connectivity index (χ0v) is 11.2. The Hall–Kier alpha value is -1.78. The van der Waals surface area contributed by atoms with Crippen molar-refractivity contribution in [3.8, 4) is 5.88 Å². The average Bonchev–Trinajstić information content (AvgIpc) is 2.25. The van der Waals surface area contributed by atoms with Crippen molar-refractivity contribution in [2.75, 3.05) is 18.1 Å². The van der Waals surface area contributed by atoms with Crippen LogP contribution in [-0.2, 0) is 4.74 Å². The fourth-order valence-corrected chi connectivity index (χ4v) is 1.71. The topological polar surface area (TPSA) is 51.7 Å². The third-order valence-corrected chi connectivity index (χ3v) is 2.43. The monoisotopic (exact) mass is 250 g/mol. The molecule has 2 heterocycles. The molecule has 0 radical (unpaired) electrons. The van der Waals surface area contributed by atoms with E-state index in [1.807, 2.05) is 33.8 Å². The zero-order valence-electron chi connectivity index (χ0n) is 11.2. The van der Waals surface area contributed by atoms with Crippen molar-refractivity contribution in [3.63, 3.8) is 0 Å². The Labute approximate surface area is 107 Å². The first kappa shape index (κ1) is 12.7. The fraction of sp³-hybridized carbons (Fsp3) is 0.538. The van der Waals surface area contributed by atoms with Gasteiger partial charge in [-0.15, -0.1) is 0 Å². The molecule has 0 fully saturated rings. The number of carbonyl (C=O) groups excluding carboxylic acids is 1. The van der Waals surface area contributed by atoms with Gasteiger partial charge >= 0.3 is 6.09 Å². The van der Waals surface area contributed by atoms with E-state index in [1.54, 1.807) is 11.1 Å². The number of amides is 1. The number of rotatable bonds is 0. The number of nitrogens with zero attached hydrogens (tertiary/aromatic N) is 2. The largest absolute Gasteiger partial charge is 0.474 e. The predicted molar refractivity (Wildman–Crippen MR) is 68.0 cm³/mol. The normalized spacial score (nSPS) is 14.8. The maximum absolute atomic E-state index is 12.1. The summed E-state index contributed by atoms with van der Waals surface area (Å²) >= 11 is 0. The van der Waals surface area contributed by atoms with Crippen LogP contribution < -0.4 is 9.64 Å². The summed E-state index contributed by atoms with van der Waals surface area (Å²) in [5.41, 5.74) is 1.15. The van der Waals surface area contributed by atoms with Crippen molar-refractivity contribution >= 4 is 11.8 Å². The molecule has 1 aromatic heterocycles. The molecule has 0 aliphatic carbocycles. The van der Waals surface area contributed by atoms with Crippen LogP contribution in [0.2, 0.25) is 0 Å². The van der Waals surface area contributed by atoms with Gasteiger partial charge in [-0.3, -0.25) is 4.90 Å². The van der Waals surface area contributed by atoms with E-state index in [1.165, 1.54) is 0 Å². The van der Waals surface area contributed by atoms with E-state index in [9.17, 15) is 4.79 Å². The minimum atomic E-state index is -0.507. The zero-order chi connectivity index (χ0) is 13.3. The Kier molecular flexibility index (Phi) is 3.15. The van der Waals surface area contributed by atoms with Gasteiger partial charge in [-0.1, -0.05) is 0 Å². The summed E-state index contributed by atoms with van der Waals surface area (Å²) in [7, 11) is 0. The molecular formula is C13H18N2O3. The second-order valence-electron chi connectivity index (χ2n) is 5.32. The molecule has 2 rings (SSSR count). The Morgan fingerprint density at radius 1 is 1.50 bits per heavy atom. The van der Waals surface area contributed by atoms with Crippen molar-refractivity contribution < 1.29 is 14.3 Å². The first-order chi connectivity index (χ1) is 8.37. The van der Waals surface area contributed by atoms with Crippen molar-refractivity contribution in [2.24, 2.45) is 0 Å². The molecule has 5 heteroatoms. The molecule has 0 N–H and O–H groups in total. The van der Waals surface area contributed by atoms with Gasteiger partial charge in [0, 0.05) is 6.20 Å². The number of aromatic nitrogens is 1. The molecule has 0 aromatic carbocycles. The lowest BCUT2D eigenvalue weighted by Gasteiger charge is -2.31. The Bertz CT molecular complexity index is 466. The van der Waals surface area contributed by atoms with Gasteiger partial charge in [0.2, 0.25) is 5.88 Å². The number of ether oxygens (including phenoxy) is 2. The summed E-state index contributed by atoms with van der Waals surface area (Å²) in [6.07, 6.45) is 1.36. The number of carbonyl (C=O) groups is 1. The quantitative estimate of drug-likeness (QED) is 0.710. The van der Waals surface area contributed by atoms with Gasteiger partial charge < -0.3 is 9.47 Å². The molecule has 1 aliphatic heterocycles. The van der Waals surface area contributed by atoms with Gasteiger partial charge in [0.05, 0.1) is 6.54 Å². The molecule has 0 unspecified atom stereocenters. The lowest BCUT2D eigenvalue weighted by Crippen LogP contribution is -2.41. The summed E-state index contributed by atoms with van der Waals surface area (Å²) in [5.74, 6) is 0.484. The van der Waals surface area contributed by atoms with Crippen molar-refractivity contribution in [3.05, 3.63) is 17.8 Å². The summed E-state index contributed by atoms with van der Waals surface area (Å²) in [4.78, 5) is 17.9. The van der Waals surface area contributed by atoms with E-state index in [0.717, 1.165) is 5.56 Å². The summed E-state index contributed by atoms with van der Waals surface area (Å²) in [6, 6.07) is 1.88. The van der Waals surface area contributed by atoms with Crippen LogP contribution in [-0.4, -0.2) is 29.8 Å². The van der Waals surface area contributed by atoms with Crippen LogP contribution in [0.4, 0.5) is 10.5 Å². The summed E-state index contributed by atoms with van der Waals surface area (Å²) in [5, 5.41) is 0. The van der Waals surface area contributed by atoms with E-state index >= 15 is 0 Å². The van der Waals surface area contributed by atoms with Crippen LogP contribution >= 0.6 is 0 Å². The van der Waals surface area contributed by atoms with Crippen molar-refractivity contribution in [1.82, 2.24) is 4.98 Å². The number of fused-ring (bicyclic) bond motifs is 1. The number of aryl methyl sites for hydroxylation is 1. The maximum atomic E-state index is 12.1. The van der Waals surface area contributed by atoms with Crippen LogP contribution in [0.15, 0.2) is 12.3 Å². The lowest BCUT2D eigenvalue weighted by atomic mass is 10.2. The molecule has 98 valence electrons. The molecule has 0 saturated carbocycles. The Morgan fingerprint density at radius 2 is 2.22 bits per heavy atom.